The topological polar surface area (TPSA) is 38.3 Å². The molecule has 1 N–H and O–H groups in total. The molecule has 76 valence electrons. The Kier molecular flexibility index (Phi) is 4.49. The van der Waals surface area contributed by atoms with Gasteiger partial charge in [-0.1, -0.05) is 12.1 Å². The van der Waals surface area contributed by atoms with Crippen LogP contribution in [0.3, 0.4) is 0 Å². The van der Waals surface area contributed by atoms with E-state index in [4.69, 9.17) is 4.74 Å². The Morgan fingerprint density at radius 3 is 2.86 bits per heavy atom. The molecule has 14 heavy (non-hydrogen) atoms. The summed E-state index contributed by atoms with van der Waals surface area (Å²) in [5.41, 5.74) is 0.733. The van der Waals surface area contributed by atoms with Crippen molar-refractivity contribution in [2.75, 3.05) is 19.0 Å². The van der Waals surface area contributed by atoms with Crippen molar-refractivity contribution in [3.63, 3.8) is 0 Å². The summed E-state index contributed by atoms with van der Waals surface area (Å²) in [5, 5.41) is 2.75. The number of hydrogen-bond donors (Lipinski definition) is 2. The number of nitrogens with one attached hydrogen (secondary N) is 1. The minimum absolute atomic E-state index is 0.0617. The first-order valence-electron chi connectivity index (χ1n) is 4.31. The van der Waals surface area contributed by atoms with Gasteiger partial charge >= 0.3 is 0 Å². The second kappa shape index (κ2) is 5.67. The van der Waals surface area contributed by atoms with Crippen molar-refractivity contribution >= 4 is 24.2 Å². The van der Waals surface area contributed by atoms with E-state index < -0.39 is 0 Å². The van der Waals surface area contributed by atoms with Crippen LogP contribution in [0.5, 0.6) is 0 Å². The number of hydrogen-bond acceptors (Lipinski definition) is 3. The lowest BCUT2D eigenvalue weighted by molar-refractivity contribution is -0.117. The van der Waals surface area contributed by atoms with Gasteiger partial charge in [-0.25, -0.2) is 0 Å². The van der Waals surface area contributed by atoms with Crippen LogP contribution in [0.25, 0.3) is 0 Å². The smallest absolute Gasteiger partial charge is 0.226 e. The third-order valence-corrected chi connectivity index (χ3v) is 2.10. The molecule has 0 atom stereocenters. The van der Waals surface area contributed by atoms with E-state index in [-0.39, 0.29) is 5.91 Å². The maximum atomic E-state index is 11.3. The van der Waals surface area contributed by atoms with Gasteiger partial charge in [-0.3, -0.25) is 4.79 Å². The summed E-state index contributed by atoms with van der Waals surface area (Å²) >= 11 is 4.22. The standard InChI is InChI=1S/C10H13NO2S/c1-13-7-6-10(12)11-8-4-2-3-5-9(8)14/h2-5,14H,6-7H2,1H3,(H,11,12). The van der Waals surface area contributed by atoms with Crippen molar-refractivity contribution in [1.82, 2.24) is 0 Å². The predicted octanol–water partition coefficient (Wildman–Crippen LogP) is 1.95. The highest BCUT2D eigenvalue weighted by atomic mass is 32.1. The fourth-order valence-electron chi connectivity index (χ4n) is 0.987. The van der Waals surface area contributed by atoms with E-state index in [0.717, 1.165) is 10.6 Å². The van der Waals surface area contributed by atoms with Gasteiger partial charge in [-0.2, -0.15) is 0 Å². The summed E-state index contributed by atoms with van der Waals surface area (Å²) in [7, 11) is 1.57. The minimum Gasteiger partial charge on any atom is -0.384 e. The quantitative estimate of drug-likeness (QED) is 0.747. The highest BCUT2D eigenvalue weighted by Gasteiger charge is 2.03. The van der Waals surface area contributed by atoms with E-state index in [0.29, 0.717) is 13.0 Å². The molecule has 0 saturated carbocycles. The van der Waals surface area contributed by atoms with Crippen LogP contribution in [-0.4, -0.2) is 19.6 Å². The summed E-state index contributed by atoms with van der Waals surface area (Å²) in [4.78, 5) is 12.1. The summed E-state index contributed by atoms with van der Waals surface area (Å²) < 4.78 is 4.80. The van der Waals surface area contributed by atoms with Crippen LogP contribution in [0.1, 0.15) is 6.42 Å². The Balaban J connectivity index is 2.52. The molecule has 4 heteroatoms. The first-order valence-corrected chi connectivity index (χ1v) is 4.75. The molecule has 0 unspecified atom stereocenters. The lowest BCUT2D eigenvalue weighted by atomic mass is 10.3. The molecule has 1 aromatic rings. The molecule has 0 aromatic heterocycles. The zero-order valence-electron chi connectivity index (χ0n) is 7.99. The summed E-state index contributed by atoms with van der Waals surface area (Å²) in [6.07, 6.45) is 0.360. The number of para-hydroxylation sites is 1. The van der Waals surface area contributed by atoms with Crippen molar-refractivity contribution in [2.45, 2.75) is 11.3 Å². The first kappa shape index (κ1) is 11.1. The Morgan fingerprint density at radius 1 is 1.50 bits per heavy atom. The van der Waals surface area contributed by atoms with E-state index in [1.54, 1.807) is 7.11 Å². The van der Waals surface area contributed by atoms with E-state index in [1.807, 2.05) is 24.3 Å². The van der Waals surface area contributed by atoms with Crippen molar-refractivity contribution in [2.24, 2.45) is 0 Å². The van der Waals surface area contributed by atoms with Crippen LogP contribution in [0.2, 0.25) is 0 Å². The van der Waals surface area contributed by atoms with Gasteiger partial charge in [0.2, 0.25) is 5.91 Å². The van der Waals surface area contributed by atoms with Gasteiger partial charge in [0.15, 0.2) is 0 Å². The van der Waals surface area contributed by atoms with Crippen molar-refractivity contribution in [3.8, 4) is 0 Å². The second-order valence-electron chi connectivity index (χ2n) is 2.81. The van der Waals surface area contributed by atoms with Gasteiger partial charge in [0.05, 0.1) is 18.7 Å². The van der Waals surface area contributed by atoms with Gasteiger partial charge in [0.1, 0.15) is 0 Å². The van der Waals surface area contributed by atoms with Crippen LogP contribution >= 0.6 is 12.6 Å². The van der Waals surface area contributed by atoms with Gasteiger partial charge in [-0.05, 0) is 12.1 Å². The Morgan fingerprint density at radius 2 is 2.21 bits per heavy atom. The number of amides is 1. The highest BCUT2D eigenvalue weighted by Crippen LogP contribution is 2.18. The number of rotatable bonds is 4. The van der Waals surface area contributed by atoms with Gasteiger partial charge in [0.25, 0.3) is 0 Å². The van der Waals surface area contributed by atoms with Crippen molar-refractivity contribution < 1.29 is 9.53 Å². The molecule has 0 saturated heterocycles. The zero-order valence-corrected chi connectivity index (χ0v) is 8.88. The first-order chi connectivity index (χ1) is 6.74. The molecule has 0 aliphatic rings. The number of benzene rings is 1. The fourth-order valence-corrected chi connectivity index (χ4v) is 1.20. The predicted molar refractivity (Wildman–Crippen MR) is 58.8 cm³/mol. The highest BCUT2D eigenvalue weighted by molar-refractivity contribution is 7.80. The van der Waals surface area contributed by atoms with Gasteiger partial charge in [0, 0.05) is 12.0 Å². The van der Waals surface area contributed by atoms with Crippen molar-refractivity contribution in [3.05, 3.63) is 24.3 Å². The molecule has 1 amide bonds. The van der Waals surface area contributed by atoms with Gasteiger partial charge < -0.3 is 10.1 Å². The summed E-state index contributed by atoms with van der Waals surface area (Å²) in [6, 6.07) is 7.36. The molecule has 1 rings (SSSR count). The molecule has 0 spiro atoms. The number of ether oxygens (including phenoxy) is 1. The van der Waals surface area contributed by atoms with E-state index in [9.17, 15) is 4.79 Å². The second-order valence-corrected chi connectivity index (χ2v) is 3.29. The monoisotopic (exact) mass is 211 g/mol. The Bertz CT molecular complexity index is 315. The van der Waals surface area contributed by atoms with Crippen LogP contribution in [0.4, 0.5) is 5.69 Å². The van der Waals surface area contributed by atoms with Crippen LogP contribution in [-0.2, 0) is 9.53 Å². The molecule has 0 aliphatic carbocycles. The number of carbonyl (C=O) groups is 1. The molecule has 0 bridgehead atoms. The third kappa shape index (κ3) is 3.40. The van der Waals surface area contributed by atoms with Crippen LogP contribution in [0, 0.1) is 0 Å². The maximum absolute atomic E-state index is 11.3. The van der Waals surface area contributed by atoms with E-state index in [2.05, 4.69) is 17.9 Å². The van der Waals surface area contributed by atoms with Crippen LogP contribution in [0.15, 0.2) is 29.2 Å². The van der Waals surface area contributed by atoms with E-state index in [1.165, 1.54) is 0 Å². The number of carbonyl (C=O) groups excluding carboxylic acids is 1. The third-order valence-electron chi connectivity index (χ3n) is 1.71. The SMILES string of the molecule is COCCC(=O)Nc1ccccc1S. The number of thiol groups is 1. The minimum atomic E-state index is -0.0617. The Labute approximate surface area is 88.9 Å². The normalized spacial score (nSPS) is 9.86. The lowest BCUT2D eigenvalue weighted by Crippen LogP contribution is -2.13. The molecular formula is C10H13NO2S. The molecule has 0 aliphatic heterocycles. The average Bonchev–Trinajstić information content (AvgIpc) is 2.18. The summed E-state index contributed by atoms with van der Waals surface area (Å²) in [5.74, 6) is -0.0617. The molecular weight excluding hydrogens is 198 g/mol. The average molecular weight is 211 g/mol. The molecule has 3 nitrogen and oxygen atoms in total. The van der Waals surface area contributed by atoms with E-state index >= 15 is 0 Å². The van der Waals surface area contributed by atoms with Gasteiger partial charge in [-0.15, -0.1) is 12.6 Å². The maximum Gasteiger partial charge on any atom is 0.226 e. The fraction of sp³-hybridized carbons (Fsp3) is 0.300. The zero-order chi connectivity index (χ0) is 10.4. The Hall–Kier alpha value is -1.00. The van der Waals surface area contributed by atoms with Crippen molar-refractivity contribution in [1.29, 1.82) is 0 Å². The molecule has 0 radical (unpaired) electrons. The lowest BCUT2D eigenvalue weighted by Gasteiger charge is -2.06. The molecule has 1 aromatic carbocycles. The molecule has 0 fully saturated rings. The summed E-state index contributed by atoms with van der Waals surface area (Å²) in [6.45, 7) is 0.431. The molecule has 0 heterocycles. The number of anilines is 1. The largest absolute Gasteiger partial charge is 0.384 e. The van der Waals surface area contributed by atoms with Crippen LogP contribution < -0.4 is 5.32 Å². The number of methoxy groups -OCH3 is 1.